The van der Waals surface area contributed by atoms with Gasteiger partial charge in [-0.1, -0.05) is 0 Å². The number of unbranched alkanes of at least 4 members (excludes halogenated alkanes) is 1. The lowest BCUT2D eigenvalue weighted by molar-refractivity contribution is -0.149. The monoisotopic (exact) mass is 429 g/mol. The van der Waals surface area contributed by atoms with Crippen molar-refractivity contribution >= 4 is 29.7 Å². The third-order valence-corrected chi connectivity index (χ3v) is 4.87. The van der Waals surface area contributed by atoms with Crippen LogP contribution < -0.4 is 22.1 Å². The summed E-state index contributed by atoms with van der Waals surface area (Å²) in [5, 5.41) is 22.9. The van der Waals surface area contributed by atoms with Gasteiger partial charge in [0.05, 0.1) is 12.5 Å². The predicted molar refractivity (Wildman–Crippen MR) is 105 cm³/mol. The van der Waals surface area contributed by atoms with Gasteiger partial charge in [0.15, 0.2) is 0 Å². The van der Waals surface area contributed by atoms with Gasteiger partial charge in [-0.05, 0) is 45.6 Å². The van der Waals surface area contributed by atoms with Crippen molar-refractivity contribution in [2.75, 3.05) is 13.1 Å². The molecule has 4 atom stereocenters. The Morgan fingerprint density at radius 1 is 1.10 bits per heavy atom. The van der Waals surface area contributed by atoms with Gasteiger partial charge in [0, 0.05) is 6.54 Å². The maximum Gasteiger partial charge on any atom is 0.326 e. The van der Waals surface area contributed by atoms with Gasteiger partial charge in [-0.3, -0.25) is 19.2 Å². The maximum absolute atomic E-state index is 12.9. The highest BCUT2D eigenvalue weighted by molar-refractivity contribution is 5.94. The van der Waals surface area contributed by atoms with Crippen LogP contribution in [-0.2, 0) is 24.0 Å². The van der Waals surface area contributed by atoms with E-state index in [0.29, 0.717) is 32.2 Å². The second-order valence-electron chi connectivity index (χ2n) is 7.31. The molecule has 0 aromatic rings. The average Bonchev–Trinajstić information content (AvgIpc) is 3.16. The Morgan fingerprint density at radius 3 is 2.33 bits per heavy atom. The van der Waals surface area contributed by atoms with Crippen LogP contribution in [0.5, 0.6) is 0 Å². The minimum Gasteiger partial charge on any atom is -0.481 e. The summed E-state index contributed by atoms with van der Waals surface area (Å²) in [5.41, 5.74) is 11.0. The number of carboxylic acid groups (broad SMARTS) is 2. The highest BCUT2D eigenvalue weighted by atomic mass is 16.4. The number of carbonyl (C=O) groups excluding carboxylic acids is 3. The standard InChI is InChI=1S/C18H31N5O7/c1-10(21-16(27)11(20)9-14(24)25)15(26)22-12(5-2-3-7-19)17(28)23-8-4-6-13(23)18(29)30/h10-13H,2-9,19-20H2,1H3,(H,21,27)(H,22,26)(H,24,25)(H,29,30). The quantitative estimate of drug-likeness (QED) is 0.189. The second-order valence-corrected chi connectivity index (χ2v) is 7.31. The Balaban J connectivity index is 2.79. The summed E-state index contributed by atoms with van der Waals surface area (Å²) in [5.74, 6) is -4.31. The van der Waals surface area contributed by atoms with Crippen molar-refractivity contribution in [3.63, 3.8) is 0 Å². The van der Waals surface area contributed by atoms with Crippen LogP contribution in [0.1, 0.15) is 45.4 Å². The highest BCUT2D eigenvalue weighted by Gasteiger charge is 2.37. The second kappa shape index (κ2) is 12.1. The van der Waals surface area contributed by atoms with Crippen LogP contribution in [0.3, 0.4) is 0 Å². The van der Waals surface area contributed by atoms with Crippen molar-refractivity contribution in [2.45, 2.75) is 69.6 Å². The minimum absolute atomic E-state index is 0.268. The first-order valence-corrected chi connectivity index (χ1v) is 9.90. The molecule has 12 heteroatoms. The third-order valence-electron chi connectivity index (χ3n) is 4.87. The molecule has 170 valence electrons. The van der Waals surface area contributed by atoms with Crippen LogP contribution in [0.4, 0.5) is 0 Å². The number of likely N-dealkylation sites (tertiary alicyclic amines) is 1. The SMILES string of the molecule is CC(NC(=O)C(N)CC(=O)O)C(=O)NC(CCCCN)C(=O)N1CCCC1C(=O)O. The molecule has 0 radical (unpaired) electrons. The number of carbonyl (C=O) groups is 5. The molecule has 1 saturated heterocycles. The summed E-state index contributed by atoms with van der Waals surface area (Å²) in [7, 11) is 0. The van der Waals surface area contributed by atoms with Gasteiger partial charge < -0.3 is 37.2 Å². The number of nitrogens with one attached hydrogen (secondary N) is 2. The summed E-state index contributed by atoms with van der Waals surface area (Å²) in [4.78, 5) is 60.6. The van der Waals surface area contributed by atoms with Crippen LogP contribution in [0.25, 0.3) is 0 Å². The zero-order valence-electron chi connectivity index (χ0n) is 17.0. The van der Waals surface area contributed by atoms with Crippen molar-refractivity contribution in [3.05, 3.63) is 0 Å². The highest BCUT2D eigenvalue weighted by Crippen LogP contribution is 2.19. The van der Waals surface area contributed by atoms with Crippen molar-refractivity contribution in [2.24, 2.45) is 11.5 Å². The molecular formula is C18H31N5O7. The van der Waals surface area contributed by atoms with Crippen molar-refractivity contribution in [1.82, 2.24) is 15.5 Å². The Labute approximate surface area is 174 Å². The van der Waals surface area contributed by atoms with Gasteiger partial charge >= 0.3 is 11.9 Å². The number of hydrogen-bond donors (Lipinski definition) is 6. The number of hydrogen-bond acceptors (Lipinski definition) is 7. The van der Waals surface area contributed by atoms with E-state index in [4.69, 9.17) is 16.6 Å². The molecular weight excluding hydrogens is 398 g/mol. The smallest absolute Gasteiger partial charge is 0.326 e. The first-order chi connectivity index (χ1) is 14.1. The molecule has 0 spiro atoms. The van der Waals surface area contributed by atoms with E-state index < -0.39 is 60.2 Å². The van der Waals surface area contributed by atoms with Crippen LogP contribution in [0.2, 0.25) is 0 Å². The maximum atomic E-state index is 12.9. The number of amides is 3. The lowest BCUT2D eigenvalue weighted by Gasteiger charge is -2.28. The average molecular weight is 429 g/mol. The normalized spacial score (nSPS) is 18.9. The predicted octanol–water partition coefficient (Wildman–Crippen LogP) is -2.02. The van der Waals surface area contributed by atoms with Crippen LogP contribution in [0.15, 0.2) is 0 Å². The molecule has 0 saturated carbocycles. The zero-order chi connectivity index (χ0) is 22.8. The van der Waals surface area contributed by atoms with E-state index in [1.807, 2.05) is 0 Å². The van der Waals surface area contributed by atoms with Crippen LogP contribution in [0, 0.1) is 0 Å². The molecule has 1 aliphatic rings. The van der Waals surface area contributed by atoms with Crippen molar-refractivity contribution in [1.29, 1.82) is 0 Å². The molecule has 0 bridgehead atoms. The molecule has 12 nitrogen and oxygen atoms in total. The van der Waals surface area contributed by atoms with E-state index in [-0.39, 0.29) is 13.0 Å². The molecule has 3 amide bonds. The van der Waals surface area contributed by atoms with Crippen molar-refractivity contribution in [3.8, 4) is 0 Å². The molecule has 4 unspecified atom stereocenters. The van der Waals surface area contributed by atoms with E-state index in [0.717, 1.165) is 0 Å². The van der Waals surface area contributed by atoms with Gasteiger partial charge in [-0.25, -0.2) is 4.79 Å². The molecule has 1 heterocycles. The minimum atomic E-state index is -1.32. The fourth-order valence-corrected chi connectivity index (χ4v) is 3.20. The Bertz CT molecular complexity index is 657. The first kappa shape index (κ1) is 25.3. The summed E-state index contributed by atoms with van der Waals surface area (Å²) < 4.78 is 0. The fourth-order valence-electron chi connectivity index (χ4n) is 3.20. The first-order valence-electron chi connectivity index (χ1n) is 9.90. The van der Waals surface area contributed by atoms with Gasteiger partial charge in [0.2, 0.25) is 17.7 Å². The summed E-state index contributed by atoms with van der Waals surface area (Å²) in [6.45, 7) is 2.07. The number of nitrogens with two attached hydrogens (primary N) is 2. The van der Waals surface area contributed by atoms with E-state index in [9.17, 15) is 29.1 Å². The van der Waals surface area contributed by atoms with Gasteiger partial charge in [0.1, 0.15) is 18.1 Å². The number of nitrogens with zero attached hydrogens (tertiary/aromatic N) is 1. The molecule has 1 rings (SSSR count). The molecule has 1 fully saturated rings. The molecule has 0 aromatic heterocycles. The fraction of sp³-hybridized carbons (Fsp3) is 0.722. The van der Waals surface area contributed by atoms with E-state index in [2.05, 4.69) is 10.6 Å². The third kappa shape index (κ3) is 7.59. The Kier molecular flexibility index (Phi) is 10.2. The van der Waals surface area contributed by atoms with E-state index >= 15 is 0 Å². The molecule has 8 N–H and O–H groups in total. The van der Waals surface area contributed by atoms with E-state index in [1.54, 1.807) is 0 Å². The zero-order valence-corrected chi connectivity index (χ0v) is 17.0. The van der Waals surface area contributed by atoms with Gasteiger partial charge in [-0.15, -0.1) is 0 Å². The molecule has 0 aromatic carbocycles. The lowest BCUT2D eigenvalue weighted by atomic mass is 10.1. The molecule has 1 aliphatic heterocycles. The Hall–Kier alpha value is -2.73. The van der Waals surface area contributed by atoms with Crippen LogP contribution >= 0.6 is 0 Å². The Morgan fingerprint density at radius 2 is 1.77 bits per heavy atom. The van der Waals surface area contributed by atoms with Crippen molar-refractivity contribution < 1.29 is 34.2 Å². The summed E-state index contributed by atoms with van der Waals surface area (Å²) >= 11 is 0. The number of aliphatic carboxylic acids is 2. The summed E-state index contributed by atoms with van der Waals surface area (Å²) in [6.07, 6.45) is 1.75. The van der Waals surface area contributed by atoms with Crippen LogP contribution in [-0.4, -0.2) is 82.0 Å². The molecule has 30 heavy (non-hydrogen) atoms. The topological polar surface area (TPSA) is 205 Å². The summed E-state index contributed by atoms with van der Waals surface area (Å²) in [6, 6.07) is -4.29. The van der Waals surface area contributed by atoms with E-state index in [1.165, 1.54) is 11.8 Å². The van der Waals surface area contributed by atoms with Gasteiger partial charge in [0.25, 0.3) is 0 Å². The largest absolute Gasteiger partial charge is 0.481 e. The molecule has 0 aliphatic carbocycles. The lowest BCUT2D eigenvalue weighted by Crippen LogP contribution is -2.56. The number of carboxylic acids is 2. The number of rotatable bonds is 12. The van der Waals surface area contributed by atoms with Gasteiger partial charge in [-0.2, -0.15) is 0 Å².